The average molecular weight is 172 g/mol. The molecule has 0 bridgehead atoms. The summed E-state index contributed by atoms with van der Waals surface area (Å²) in [5.41, 5.74) is 0. The molecule has 0 spiro atoms. The minimum Gasteiger partial charge on any atom is -0.384 e. The van der Waals surface area contributed by atoms with E-state index in [4.69, 9.17) is 0 Å². The van der Waals surface area contributed by atoms with Crippen molar-refractivity contribution in [2.24, 2.45) is 0 Å². The van der Waals surface area contributed by atoms with Crippen LogP contribution in [0.2, 0.25) is 6.04 Å². The zero-order valence-corrected chi connectivity index (χ0v) is 9.80. The van der Waals surface area contributed by atoms with E-state index < -0.39 is 0 Å². The third-order valence-electron chi connectivity index (χ3n) is 1.49. The zero-order valence-electron chi connectivity index (χ0n) is 8.39. The maximum atomic E-state index is 2.26. The van der Waals surface area contributed by atoms with Crippen LogP contribution < -0.4 is 0 Å². The first kappa shape index (κ1) is 10.6. The fourth-order valence-corrected chi connectivity index (χ4v) is 2.41. The summed E-state index contributed by atoms with van der Waals surface area (Å²) in [6.07, 6.45) is 2.23. The van der Waals surface area contributed by atoms with Crippen LogP contribution in [0.5, 0.6) is 0 Å². The van der Waals surface area contributed by atoms with Gasteiger partial charge in [-0.1, -0.05) is 13.0 Å². The molecule has 0 saturated heterocycles. The van der Waals surface area contributed by atoms with Crippen molar-refractivity contribution in [3.05, 3.63) is 11.5 Å². The van der Waals surface area contributed by atoms with Gasteiger partial charge in [0.15, 0.2) is 0 Å². The summed E-state index contributed by atoms with van der Waals surface area (Å²) in [6.45, 7) is 2.26. The van der Waals surface area contributed by atoms with Gasteiger partial charge in [-0.05, 0) is 0 Å². The second kappa shape index (κ2) is 5.24. The van der Waals surface area contributed by atoms with Crippen LogP contribution >= 0.6 is 0 Å². The zero-order chi connectivity index (χ0) is 8.85. The van der Waals surface area contributed by atoms with Gasteiger partial charge in [-0.25, -0.2) is 0 Å². The van der Waals surface area contributed by atoms with Crippen molar-refractivity contribution in [1.29, 1.82) is 0 Å². The number of hydrogen-bond acceptors (Lipinski definition) is 2. The molecule has 0 aromatic rings. The third-order valence-corrected chi connectivity index (χ3v) is 3.32. The molecule has 0 rings (SSSR count). The summed E-state index contributed by atoms with van der Waals surface area (Å²) in [6, 6.07) is 1.35. The minimum atomic E-state index is -0.00921. The lowest BCUT2D eigenvalue weighted by atomic mass is 10.7. The van der Waals surface area contributed by atoms with E-state index >= 15 is 0 Å². The summed E-state index contributed by atoms with van der Waals surface area (Å²) in [5.74, 6) is 0. The molecule has 0 N–H and O–H groups in total. The van der Waals surface area contributed by atoms with Crippen molar-refractivity contribution in [2.45, 2.75) is 13.0 Å². The van der Waals surface area contributed by atoms with E-state index in [1.165, 1.54) is 11.4 Å². The van der Waals surface area contributed by atoms with Gasteiger partial charge in [0.25, 0.3) is 0 Å². The van der Waals surface area contributed by atoms with Crippen molar-refractivity contribution in [1.82, 2.24) is 9.80 Å². The fourth-order valence-electron chi connectivity index (χ4n) is 0.958. The fraction of sp³-hybridized carbons (Fsp3) is 0.750. The Hall–Kier alpha value is -0.443. The molecular formula is C8H20N2Si. The average Bonchev–Trinajstić information content (AvgIpc) is 1.86. The van der Waals surface area contributed by atoms with E-state index in [9.17, 15) is 0 Å². The Labute approximate surface area is 72.7 Å². The van der Waals surface area contributed by atoms with Crippen molar-refractivity contribution in [3.63, 3.8) is 0 Å². The predicted molar refractivity (Wildman–Crippen MR) is 54.5 cm³/mol. The van der Waals surface area contributed by atoms with Gasteiger partial charge in [-0.3, -0.25) is 0 Å². The number of nitrogens with zero attached hydrogens (tertiary/aromatic N) is 2. The van der Waals surface area contributed by atoms with Crippen LogP contribution in [-0.4, -0.2) is 47.5 Å². The SMILES string of the molecule is CC[SiH2]C(=CN(C)C)N(C)C. The lowest BCUT2D eigenvalue weighted by Crippen LogP contribution is -2.19. The molecule has 0 aromatic heterocycles. The van der Waals surface area contributed by atoms with E-state index in [1.807, 2.05) is 0 Å². The quantitative estimate of drug-likeness (QED) is 0.570. The van der Waals surface area contributed by atoms with Gasteiger partial charge in [-0.15, -0.1) is 0 Å². The molecule has 0 aliphatic rings. The van der Waals surface area contributed by atoms with Crippen LogP contribution in [0.15, 0.2) is 11.5 Å². The standard InChI is InChI=1S/C8H20N2Si/c1-6-11-8(10(4)5)7-9(2)3/h7H,6,11H2,1-5H3. The van der Waals surface area contributed by atoms with Gasteiger partial charge >= 0.3 is 0 Å². The Morgan fingerprint density at radius 2 is 1.82 bits per heavy atom. The highest BCUT2D eigenvalue weighted by Crippen LogP contribution is 1.99. The third kappa shape index (κ3) is 4.90. The Morgan fingerprint density at radius 1 is 1.27 bits per heavy atom. The molecule has 0 aromatic carbocycles. The van der Waals surface area contributed by atoms with Crippen molar-refractivity contribution in [2.75, 3.05) is 28.2 Å². The van der Waals surface area contributed by atoms with Gasteiger partial charge in [0, 0.05) is 39.7 Å². The Balaban J connectivity index is 4.08. The lowest BCUT2D eigenvalue weighted by molar-refractivity contribution is 0.498. The predicted octanol–water partition coefficient (Wildman–Crippen LogP) is 0.515. The second-order valence-corrected chi connectivity index (χ2v) is 5.45. The summed E-state index contributed by atoms with van der Waals surface area (Å²) in [4.78, 5) is 4.35. The van der Waals surface area contributed by atoms with Gasteiger partial charge in [0.05, 0.1) is 9.52 Å². The first-order valence-electron chi connectivity index (χ1n) is 4.12. The number of rotatable bonds is 4. The molecule has 0 radical (unpaired) electrons. The van der Waals surface area contributed by atoms with Crippen molar-refractivity contribution < 1.29 is 0 Å². The first-order valence-corrected chi connectivity index (χ1v) is 5.83. The van der Waals surface area contributed by atoms with Crippen LogP contribution in [0.4, 0.5) is 0 Å². The van der Waals surface area contributed by atoms with E-state index in [0.29, 0.717) is 0 Å². The van der Waals surface area contributed by atoms with Gasteiger partial charge in [0.1, 0.15) is 0 Å². The summed E-state index contributed by atoms with van der Waals surface area (Å²) in [7, 11) is 8.39. The van der Waals surface area contributed by atoms with Gasteiger partial charge in [0.2, 0.25) is 0 Å². The Kier molecular flexibility index (Phi) is 5.03. The number of hydrogen-bond donors (Lipinski definition) is 0. The van der Waals surface area contributed by atoms with E-state index in [-0.39, 0.29) is 9.52 Å². The monoisotopic (exact) mass is 172 g/mol. The van der Waals surface area contributed by atoms with Crippen LogP contribution in [-0.2, 0) is 0 Å². The summed E-state index contributed by atoms with van der Waals surface area (Å²) < 4.78 is 0. The van der Waals surface area contributed by atoms with Crippen LogP contribution in [0.3, 0.4) is 0 Å². The maximum absolute atomic E-state index is 2.26. The molecule has 0 fully saturated rings. The molecule has 0 aliphatic carbocycles. The molecule has 66 valence electrons. The van der Waals surface area contributed by atoms with Crippen LogP contribution in [0.25, 0.3) is 0 Å². The van der Waals surface area contributed by atoms with E-state index in [0.717, 1.165) is 0 Å². The molecule has 0 saturated carbocycles. The van der Waals surface area contributed by atoms with Crippen LogP contribution in [0, 0.1) is 0 Å². The van der Waals surface area contributed by atoms with Gasteiger partial charge in [-0.2, -0.15) is 0 Å². The highest BCUT2D eigenvalue weighted by atomic mass is 28.2. The summed E-state index contributed by atoms with van der Waals surface area (Å²) in [5, 5.41) is 1.53. The van der Waals surface area contributed by atoms with Crippen molar-refractivity contribution in [3.8, 4) is 0 Å². The Morgan fingerprint density at radius 3 is 2.09 bits per heavy atom. The molecule has 11 heavy (non-hydrogen) atoms. The molecular weight excluding hydrogens is 152 g/mol. The second-order valence-electron chi connectivity index (χ2n) is 3.23. The normalized spacial score (nSPS) is 12.6. The highest BCUT2D eigenvalue weighted by Gasteiger charge is 1.98. The molecule has 0 atom stereocenters. The molecule has 3 heteroatoms. The molecule has 0 heterocycles. The molecule has 0 amide bonds. The Bertz CT molecular complexity index is 130. The maximum Gasteiger partial charge on any atom is 0.0769 e. The van der Waals surface area contributed by atoms with Gasteiger partial charge < -0.3 is 9.80 Å². The lowest BCUT2D eigenvalue weighted by Gasteiger charge is -2.19. The van der Waals surface area contributed by atoms with Crippen molar-refractivity contribution >= 4 is 9.52 Å². The first-order chi connectivity index (χ1) is 5.07. The molecule has 0 unspecified atom stereocenters. The smallest absolute Gasteiger partial charge is 0.0769 e. The topological polar surface area (TPSA) is 6.48 Å². The summed E-state index contributed by atoms with van der Waals surface area (Å²) >= 11 is 0. The van der Waals surface area contributed by atoms with E-state index in [1.54, 1.807) is 0 Å². The molecule has 2 nitrogen and oxygen atoms in total. The minimum absolute atomic E-state index is 0.00921. The molecule has 0 aliphatic heterocycles. The van der Waals surface area contributed by atoms with E-state index in [2.05, 4.69) is 51.1 Å². The van der Waals surface area contributed by atoms with Crippen LogP contribution in [0.1, 0.15) is 6.92 Å². The largest absolute Gasteiger partial charge is 0.384 e. The highest BCUT2D eigenvalue weighted by molar-refractivity contribution is 6.44.